The van der Waals surface area contributed by atoms with E-state index in [2.05, 4.69) is 19.2 Å². The maximum atomic E-state index is 12.5. The second kappa shape index (κ2) is 7.24. The fraction of sp³-hybridized carbons (Fsp3) is 0.714. The zero-order valence-electron chi connectivity index (χ0n) is 13.2. The van der Waals surface area contributed by atoms with Gasteiger partial charge >= 0.3 is 0 Å². The van der Waals surface area contributed by atoms with Crippen LogP contribution in [0.25, 0.3) is 0 Å². The molecular formula is C14H27N3O2S. The molecule has 0 radical (unpaired) electrons. The second-order valence-electron chi connectivity index (χ2n) is 5.04. The highest BCUT2D eigenvalue weighted by Gasteiger charge is 2.24. The van der Waals surface area contributed by atoms with Crippen molar-refractivity contribution in [3.63, 3.8) is 0 Å². The predicted octanol–water partition coefficient (Wildman–Crippen LogP) is 2.21. The van der Waals surface area contributed by atoms with Crippen molar-refractivity contribution in [3.8, 4) is 0 Å². The zero-order valence-corrected chi connectivity index (χ0v) is 14.0. The zero-order chi connectivity index (χ0) is 15.3. The van der Waals surface area contributed by atoms with Gasteiger partial charge in [-0.15, -0.1) is 0 Å². The van der Waals surface area contributed by atoms with Crippen molar-refractivity contribution < 1.29 is 8.42 Å². The number of nitrogens with zero attached hydrogens (tertiary/aromatic N) is 2. The van der Waals surface area contributed by atoms with Gasteiger partial charge < -0.3 is 9.88 Å². The van der Waals surface area contributed by atoms with Crippen LogP contribution in [0.2, 0.25) is 0 Å². The van der Waals surface area contributed by atoms with Crippen LogP contribution in [0.5, 0.6) is 0 Å². The Labute approximate surface area is 123 Å². The molecule has 0 spiro atoms. The molecule has 0 saturated carbocycles. The third-order valence-corrected chi connectivity index (χ3v) is 5.38. The number of nitrogens with one attached hydrogen (secondary N) is 1. The van der Waals surface area contributed by atoms with Gasteiger partial charge in [0.1, 0.15) is 4.90 Å². The Balaban J connectivity index is 3.19. The number of hydrogen-bond acceptors (Lipinski definition) is 3. The second-order valence-corrected chi connectivity index (χ2v) is 6.98. The molecule has 0 fully saturated rings. The van der Waals surface area contributed by atoms with Crippen LogP contribution in [0.1, 0.15) is 46.4 Å². The van der Waals surface area contributed by atoms with E-state index in [0.29, 0.717) is 24.5 Å². The van der Waals surface area contributed by atoms with Gasteiger partial charge in [-0.25, -0.2) is 8.42 Å². The highest BCUT2D eigenvalue weighted by atomic mass is 32.2. The molecule has 1 aromatic rings. The lowest BCUT2D eigenvalue weighted by Crippen LogP contribution is -2.30. The SMILES string of the molecule is CCNCc1cc(S(=O)(=O)N(CC)CC)cn1C(C)C. The first-order valence-corrected chi connectivity index (χ1v) is 8.74. The van der Waals surface area contributed by atoms with E-state index in [9.17, 15) is 8.42 Å². The molecule has 0 aromatic carbocycles. The first-order valence-electron chi connectivity index (χ1n) is 7.30. The van der Waals surface area contributed by atoms with Crippen molar-refractivity contribution in [3.05, 3.63) is 18.0 Å². The average molecular weight is 301 g/mol. The van der Waals surface area contributed by atoms with Gasteiger partial charge in [0.05, 0.1) is 0 Å². The summed E-state index contributed by atoms with van der Waals surface area (Å²) in [6.45, 7) is 12.4. The van der Waals surface area contributed by atoms with Crippen LogP contribution in [0.15, 0.2) is 17.2 Å². The Kier molecular flexibility index (Phi) is 6.23. The van der Waals surface area contributed by atoms with Crippen molar-refractivity contribution in [1.82, 2.24) is 14.2 Å². The molecule has 1 rings (SSSR count). The summed E-state index contributed by atoms with van der Waals surface area (Å²) < 4.78 is 28.6. The smallest absolute Gasteiger partial charge is 0.244 e. The molecule has 0 atom stereocenters. The van der Waals surface area contributed by atoms with Crippen molar-refractivity contribution in [2.75, 3.05) is 19.6 Å². The lowest BCUT2D eigenvalue weighted by atomic mass is 10.3. The van der Waals surface area contributed by atoms with Crippen LogP contribution in [0.4, 0.5) is 0 Å². The predicted molar refractivity (Wildman–Crippen MR) is 82.3 cm³/mol. The topological polar surface area (TPSA) is 54.3 Å². The molecule has 6 heteroatoms. The Bertz CT molecular complexity index is 517. The standard InChI is InChI=1S/C14H27N3O2S/c1-6-15-10-13-9-14(11-17(13)12(4)5)20(18,19)16(7-2)8-3/h9,11-12,15H,6-8,10H2,1-5H3. The molecule has 1 heterocycles. The lowest BCUT2D eigenvalue weighted by Gasteiger charge is -2.17. The fourth-order valence-electron chi connectivity index (χ4n) is 2.23. The minimum Gasteiger partial charge on any atom is -0.346 e. The van der Waals surface area contributed by atoms with Gasteiger partial charge in [0.25, 0.3) is 0 Å². The Morgan fingerprint density at radius 1 is 1.25 bits per heavy atom. The maximum Gasteiger partial charge on any atom is 0.244 e. The monoisotopic (exact) mass is 301 g/mol. The molecule has 20 heavy (non-hydrogen) atoms. The average Bonchev–Trinajstić information content (AvgIpc) is 2.82. The van der Waals surface area contributed by atoms with E-state index in [1.165, 1.54) is 4.31 Å². The first-order chi connectivity index (χ1) is 9.38. The van der Waals surface area contributed by atoms with E-state index < -0.39 is 10.0 Å². The summed E-state index contributed by atoms with van der Waals surface area (Å²) >= 11 is 0. The molecule has 1 N–H and O–H groups in total. The molecule has 5 nitrogen and oxygen atoms in total. The summed E-state index contributed by atoms with van der Waals surface area (Å²) in [5, 5.41) is 3.25. The maximum absolute atomic E-state index is 12.5. The molecule has 0 bridgehead atoms. The van der Waals surface area contributed by atoms with Gasteiger partial charge in [-0.1, -0.05) is 20.8 Å². The molecule has 0 amide bonds. The van der Waals surface area contributed by atoms with Crippen LogP contribution in [0.3, 0.4) is 0 Å². The molecule has 0 aliphatic heterocycles. The summed E-state index contributed by atoms with van der Waals surface area (Å²) in [6, 6.07) is 2.03. The van der Waals surface area contributed by atoms with Crippen LogP contribution >= 0.6 is 0 Å². The number of aromatic nitrogens is 1. The van der Waals surface area contributed by atoms with Crippen LogP contribution in [-0.4, -0.2) is 36.9 Å². The van der Waals surface area contributed by atoms with Gasteiger partial charge in [-0.2, -0.15) is 4.31 Å². The molecule has 1 aromatic heterocycles. The molecular weight excluding hydrogens is 274 g/mol. The highest BCUT2D eigenvalue weighted by molar-refractivity contribution is 7.89. The molecule has 116 valence electrons. The summed E-state index contributed by atoms with van der Waals surface area (Å²) in [7, 11) is -3.38. The molecule has 0 aliphatic rings. The number of rotatable bonds is 8. The van der Waals surface area contributed by atoms with Crippen molar-refractivity contribution in [2.45, 2.75) is 52.1 Å². The Morgan fingerprint density at radius 2 is 1.85 bits per heavy atom. The molecule has 0 saturated heterocycles. The molecule has 0 unspecified atom stereocenters. The van der Waals surface area contributed by atoms with E-state index in [0.717, 1.165) is 12.2 Å². The van der Waals surface area contributed by atoms with Gasteiger partial charge in [-0.3, -0.25) is 0 Å². The third kappa shape index (κ3) is 3.62. The largest absolute Gasteiger partial charge is 0.346 e. The molecule has 0 aliphatic carbocycles. The summed E-state index contributed by atoms with van der Waals surface area (Å²) in [5.74, 6) is 0. The lowest BCUT2D eigenvalue weighted by molar-refractivity contribution is 0.445. The van der Waals surface area contributed by atoms with E-state index in [1.807, 2.05) is 25.3 Å². The first kappa shape index (κ1) is 17.2. The van der Waals surface area contributed by atoms with E-state index in [-0.39, 0.29) is 6.04 Å². The van der Waals surface area contributed by atoms with E-state index >= 15 is 0 Å². The normalized spacial score (nSPS) is 12.6. The summed E-state index contributed by atoms with van der Waals surface area (Å²) in [4.78, 5) is 0.391. The summed E-state index contributed by atoms with van der Waals surface area (Å²) in [6.07, 6.45) is 1.75. The fourth-order valence-corrected chi connectivity index (χ4v) is 3.74. The number of sulfonamides is 1. The van der Waals surface area contributed by atoms with Crippen LogP contribution in [-0.2, 0) is 16.6 Å². The van der Waals surface area contributed by atoms with Gasteiger partial charge in [0.2, 0.25) is 10.0 Å². The minimum absolute atomic E-state index is 0.240. The van der Waals surface area contributed by atoms with Gasteiger partial charge in [-0.05, 0) is 26.5 Å². The number of hydrogen-bond donors (Lipinski definition) is 1. The van der Waals surface area contributed by atoms with Crippen molar-refractivity contribution in [2.24, 2.45) is 0 Å². The highest BCUT2D eigenvalue weighted by Crippen LogP contribution is 2.22. The van der Waals surface area contributed by atoms with Crippen molar-refractivity contribution >= 4 is 10.0 Å². The van der Waals surface area contributed by atoms with Gasteiger partial charge in [0.15, 0.2) is 0 Å². The third-order valence-electron chi connectivity index (χ3n) is 3.36. The summed E-state index contributed by atoms with van der Waals surface area (Å²) in [5.41, 5.74) is 1.01. The quantitative estimate of drug-likeness (QED) is 0.801. The Hall–Kier alpha value is -0.850. The van der Waals surface area contributed by atoms with Crippen molar-refractivity contribution in [1.29, 1.82) is 0 Å². The van der Waals surface area contributed by atoms with Gasteiger partial charge in [0, 0.05) is 37.6 Å². The van der Waals surface area contributed by atoms with E-state index in [1.54, 1.807) is 12.3 Å². The Morgan fingerprint density at radius 3 is 2.30 bits per heavy atom. The van der Waals surface area contributed by atoms with Crippen LogP contribution < -0.4 is 5.32 Å². The van der Waals surface area contributed by atoms with Crippen LogP contribution in [0, 0.1) is 0 Å². The minimum atomic E-state index is -3.38. The van der Waals surface area contributed by atoms with E-state index in [4.69, 9.17) is 0 Å².